The molecule has 14 heteroatoms. The monoisotopic (exact) mass is 605 g/mol. The molecule has 0 aromatic heterocycles. The second kappa shape index (κ2) is 13.8. The molecule has 2 aliphatic rings. The molecule has 2 heterocycles. The van der Waals surface area contributed by atoms with Gasteiger partial charge in [0.15, 0.2) is 6.10 Å². The van der Waals surface area contributed by atoms with Crippen molar-refractivity contribution in [2.75, 3.05) is 26.2 Å². The Balaban J connectivity index is 1.45. The molecule has 238 valence electrons. The third-order valence-corrected chi connectivity index (χ3v) is 6.52. The fraction of sp³-hybridized carbons (Fsp3) is 0.621. The van der Waals surface area contributed by atoms with Gasteiger partial charge in [0, 0.05) is 25.6 Å². The minimum atomic E-state index is -1.18. The Labute approximate surface area is 251 Å². The number of aliphatic imine (C=N–C) groups is 1. The zero-order chi connectivity index (χ0) is 31.9. The second-order valence-corrected chi connectivity index (χ2v) is 12.5. The largest absolute Gasteiger partial charge is 0.490 e. The van der Waals surface area contributed by atoms with Crippen LogP contribution in [0.3, 0.4) is 0 Å². The Hall–Kier alpha value is -4.23. The maximum absolute atomic E-state index is 12.6. The van der Waals surface area contributed by atoms with Crippen molar-refractivity contribution in [2.45, 2.75) is 90.2 Å². The number of cyclic esters (lactones) is 1. The number of aliphatic carboxylic acids is 1. The number of nitrogens with zero attached hydrogens (tertiary/aromatic N) is 3. The van der Waals surface area contributed by atoms with E-state index in [9.17, 15) is 24.3 Å². The standard InChI is InChI=1S/C29H43N5O9/c1-28(2,3)42-25(37)31-22(23(35)36)15-18-7-9-20(10-8-18)40-17-21-16-34(27(39)41-21)19-11-13-33(14-12-19)24(30)32-26(38)43-29(4,5)6/h7-10,19,21-22H,11-17H2,1-6H3,(H,31,37)(H,35,36)(H2,30,32,38). The summed E-state index contributed by atoms with van der Waals surface area (Å²) in [5, 5.41) is 11.9. The zero-order valence-electron chi connectivity index (χ0n) is 25.6. The lowest BCUT2D eigenvalue weighted by molar-refractivity contribution is -0.139. The number of nitrogens with two attached hydrogens (primary N) is 1. The number of alkyl carbamates (subject to hydrolysis) is 1. The molecule has 0 saturated carbocycles. The Morgan fingerprint density at radius 3 is 2.23 bits per heavy atom. The van der Waals surface area contributed by atoms with Crippen molar-refractivity contribution in [3.63, 3.8) is 0 Å². The minimum Gasteiger partial charge on any atom is -0.490 e. The molecule has 3 amide bonds. The zero-order valence-corrected chi connectivity index (χ0v) is 25.6. The quantitative estimate of drug-likeness (QED) is 0.225. The predicted molar refractivity (Wildman–Crippen MR) is 156 cm³/mol. The first kappa shape index (κ1) is 33.3. The molecule has 2 unspecified atom stereocenters. The summed E-state index contributed by atoms with van der Waals surface area (Å²) in [6.45, 7) is 11.9. The number of carboxylic acids is 1. The van der Waals surface area contributed by atoms with Crippen LogP contribution in [0.25, 0.3) is 0 Å². The molecule has 0 aliphatic carbocycles. The first-order valence-corrected chi connectivity index (χ1v) is 14.2. The highest BCUT2D eigenvalue weighted by Crippen LogP contribution is 2.24. The van der Waals surface area contributed by atoms with Gasteiger partial charge in [0.25, 0.3) is 0 Å². The molecular weight excluding hydrogens is 562 g/mol. The van der Waals surface area contributed by atoms with Gasteiger partial charge in [0.2, 0.25) is 5.96 Å². The average Bonchev–Trinajstić information content (AvgIpc) is 3.26. The van der Waals surface area contributed by atoms with Crippen LogP contribution in [0.15, 0.2) is 29.3 Å². The van der Waals surface area contributed by atoms with Crippen LogP contribution in [0.1, 0.15) is 59.9 Å². The topological polar surface area (TPSA) is 182 Å². The van der Waals surface area contributed by atoms with Crippen LogP contribution in [-0.2, 0) is 25.4 Å². The summed E-state index contributed by atoms with van der Waals surface area (Å²) in [4.78, 5) is 55.5. The van der Waals surface area contributed by atoms with Gasteiger partial charge in [-0.1, -0.05) is 12.1 Å². The van der Waals surface area contributed by atoms with Crippen molar-refractivity contribution < 1.29 is 43.2 Å². The first-order chi connectivity index (χ1) is 20.0. The number of rotatable bonds is 8. The molecule has 2 atom stereocenters. The van der Waals surface area contributed by atoms with Crippen LogP contribution in [0.2, 0.25) is 0 Å². The Morgan fingerprint density at radius 1 is 1.07 bits per heavy atom. The lowest BCUT2D eigenvalue weighted by atomic mass is 10.0. The van der Waals surface area contributed by atoms with E-state index in [1.165, 1.54) is 0 Å². The highest BCUT2D eigenvalue weighted by Gasteiger charge is 2.38. The van der Waals surface area contributed by atoms with Crippen molar-refractivity contribution >= 4 is 30.2 Å². The van der Waals surface area contributed by atoms with Crippen molar-refractivity contribution in [1.29, 1.82) is 0 Å². The van der Waals surface area contributed by atoms with E-state index in [4.69, 9.17) is 24.7 Å². The van der Waals surface area contributed by atoms with Crippen molar-refractivity contribution in [1.82, 2.24) is 15.1 Å². The number of carboxylic acid groups (broad SMARTS) is 1. The van der Waals surface area contributed by atoms with Gasteiger partial charge in [-0.25, -0.2) is 19.2 Å². The fourth-order valence-corrected chi connectivity index (χ4v) is 4.58. The highest BCUT2D eigenvalue weighted by atomic mass is 16.6. The third-order valence-electron chi connectivity index (χ3n) is 6.52. The molecule has 2 fully saturated rings. The molecule has 3 rings (SSSR count). The van der Waals surface area contributed by atoms with Gasteiger partial charge in [0.05, 0.1) is 6.54 Å². The maximum Gasteiger partial charge on any atom is 0.437 e. The lowest BCUT2D eigenvalue weighted by Crippen LogP contribution is -2.49. The molecule has 14 nitrogen and oxygen atoms in total. The van der Waals surface area contributed by atoms with Crippen LogP contribution >= 0.6 is 0 Å². The van der Waals surface area contributed by atoms with E-state index < -0.39 is 47.6 Å². The number of carbonyl (C=O) groups is 4. The van der Waals surface area contributed by atoms with Gasteiger partial charge in [-0.2, -0.15) is 0 Å². The Kier molecular flexibility index (Phi) is 10.7. The van der Waals surface area contributed by atoms with Gasteiger partial charge < -0.3 is 44.9 Å². The van der Waals surface area contributed by atoms with Gasteiger partial charge >= 0.3 is 24.2 Å². The number of guanidine groups is 1. The van der Waals surface area contributed by atoms with Crippen LogP contribution in [0.4, 0.5) is 14.4 Å². The first-order valence-electron chi connectivity index (χ1n) is 14.2. The number of ether oxygens (including phenoxy) is 4. The van der Waals surface area contributed by atoms with Gasteiger partial charge in [-0.15, -0.1) is 4.99 Å². The summed E-state index contributed by atoms with van der Waals surface area (Å²) >= 11 is 0. The van der Waals surface area contributed by atoms with Crippen molar-refractivity contribution in [3.8, 4) is 5.75 Å². The van der Waals surface area contributed by atoms with Crippen LogP contribution in [0.5, 0.6) is 5.75 Å². The molecule has 0 radical (unpaired) electrons. The maximum atomic E-state index is 12.6. The predicted octanol–water partition coefficient (Wildman–Crippen LogP) is 3.12. The summed E-state index contributed by atoms with van der Waals surface area (Å²) in [5.41, 5.74) is 5.27. The summed E-state index contributed by atoms with van der Waals surface area (Å²) in [5.74, 6) is -0.563. The molecule has 4 N–H and O–H groups in total. The number of hydrogen-bond donors (Lipinski definition) is 3. The van der Waals surface area contributed by atoms with Gasteiger partial charge in [-0.3, -0.25) is 0 Å². The molecule has 0 spiro atoms. The molecule has 43 heavy (non-hydrogen) atoms. The van der Waals surface area contributed by atoms with Crippen LogP contribution < -0.4 is 15.8 Å². The van der Waals surface area contributed by atoms with E-state index in [2.05, 4.69) is 10.3 Å². The van der Waals surface area contributed by atoms with Gasteiger partial charge in [0.1, 0.15) is 29.6 Å². The van der Waals surface area contributed by atoms with E-state index >= 15 is 0 Å². The van der Waals surface area contributed by atoms with Gasteiger partial charge in [-0.05, 0) is 72.1 Å². The summed E-state index contributed by atoms with van der Waals surface area (Å²) in [6.07, 6.45) is -1.09. The van der Waals surface area contributed by atoms with Crippen molar-refractivity contribution in [3.05, 3.63) is 29.8 Å². The third kappa shape index (κ3) is 10.8. The fourth-order valence-electron chi connectivity index (χ4n) is 4.58. The normalized spacial score (nSPS) is 19.0. The van der Waals surface area contributed by atoms with Crippen LogP contribution in [0, 0.1) is 0 Å². The number of likely N-dealkylation sites (tertiary alicyclic amines) is 1. The van der Waals surface area contributed by atoms with Crippen LogP contribution in [-0.4, -0.2) is 101 Å². The smallest absolute Gasteiger partial charge is 0.437 e. The number of benzene rings is 1. The second-order valence-electron chi connectivity index (χ2n) is 12.5. The summed E-state index contributed by atoms with van der Waals surface area (Å²) < 4.78 is 21.7. The number of nitrogens with one attached hydrogen (secondary N) is 1. The minimum absolute atomic E-state index is 0.0427. The van der Waals surface area contributed by atoms with E-state index in [0.717, 1.165) is 0 Å². The molecular formula is C29H43N5O9. The molecule has 1 aromatic rings. The molecule has 2 saturated heterocycles. The molecule has 2 aliphatic heterocycles. The Bertz CT molecular complexity index is 1180. The van der Waals surface area contributed by atoms with E-state index in [-0.39, 0.29) is 25.0 Å². The molecule has 0 bridgehead atoms. The summed E-state index contributed by atoms with van der Waals surface area (Å²) in [7, 11) is 0. The number of amides is 3. The average molecular weight is 606 g/mol. The van der Waals surface area contributed by atoms with E-state index in [0.29, 0.717) is 43.8 Å². The Morgan fingerprint density at radius 2 is 1.67 bits per heavy atom. The summed E-state index contributed by atoms with van der Waals surface area (Å²) in [6, 6.07) is 5.59. The lowest BCUT2D eigenvalue weighted by Gasteiger charge is -2.36. The SMILES string of the molecule is CC(C)(C)OC(=O)N=C(N)N1CCC(N2CC(COc3ccc(CC(NC(=O)OC(C)(C)C)C(=O)O)cc3)OC2=O)CC1. The molecule has 1 aromatic carbocycles. The van der Waals surface area contributed by atoms with E-state index in [1.807, 2.05) is 0 Å². The van der Waals surface area contributed by atoms with E-state index in [1.54, 1.807) is 75.6 Å². The van der Waals surface area contributed by atoms with Crippen molar-refractivity contribution in [2.24, 2.45) is 10.7 Å². The number of hydrogen-bond acceptors (Lipinski definition) is 8. The number of carbonyl (C=O) groups excluding carboxylic acids is 3. The highest BCUT2D eigenvalue weighted by molar-refractivity contribution is 5.89. The number of piperidine rings is 1.